The fourth-order valence-electron chi connectivity index (χ4n) is 7.40. The van der Waals surface area contributed by atoms with E-state index >= 15 is 0 Å². The van der Waals surface area contributed by atoms with Gasteiger partial charge in [0.1, 0.15) is 12.1 Å². The third-order valence-electron chi connectivity index (χ3n) is 9.57. The average molecular weight is 626 g/mol. The Bertz CT molecular complexity index is 1640. The second-order valence-corrected chi connectivity index (χ2v) is 15.6. The first kappa shape index (κ1) is 28.7. The summed E-state index contributed by atoms with van der Waals surface area (Å²) in [6.45, 7) is 1.37. The molecule has 0 unspecified atom stereocenters. The summed E-state index contributed by atoms with van der Waals surface area (Å²) in [5, 5.41) is 7.98. The van der Waals surface area contributed by atoms with Crippen LogP contribution >= 0.6 is 18.9 Å². The van der Waals surface area contributed by atoms with Crippen LogP contribution in [0, 0.1) is 17.8 Å². The van der Waals surface area contributed by atoms with Gasteiger partial charge in [0.2, 0.25) is 11.8 Å². The highest BCUT2D eigenvalue weighted by Gasteiger charge is 2.52. The molecule has 3 N–H and O–H groups in total. The van der Waals surface area contributed by atoms with Crippen LogP contribution < -0.4 is 5.32 Å². The van der Waals surface area contributed by atoms with Crippen molar-refractivity contribution >= 4 is 46.7 Å². The van der Waals surface area contributed by atoms with Gasteiger partial charge in [0, 0.05) is 37.1 Å². The van der Waals surface area contributed by atoms with Crippen molar-refractivity contribution in [2.24, 2.45) is 24.8 Å². The minimum absolute atomic E-state index is 0.0203. The Labute approximate surface area is 253 Å². The molecule has 13 heteroatoms. The van der Waals surface area contributed by atoms with E-state index in [0.717, 1.165) is 41.3 Å². The van der Waals surface area contributed by atoms with Crippen LogP contribution in [0.15, 0.2) is 36.7 Å². The van der Waals surface area contributed by atoms with Crippen molar-refractivity contribution in [2.75, 3.05) is 13.1 Å². The minimum Gasteiger partial charge on any atom is -0.340 e. The molecule has 4 aliphatic rings. The number of carbonyl (C=O) groups excluding carboxylic acids is 3. The highest BCUT2D eigenvalue weighted by molar-refractivity contribution is 7.50. The predicted molar refractivity (Wildman–Crippen MR) is 160 cm³/mol. The Balaban J connectivity index is 1.04. The zero-order valence-corrected chi connectivity index (χ0v) is 25.7. The van der Waals surface area contributed by atoms with E-state index in [0.29, 0.717) is 54.1 Å². The topological polar surface area (TPSA) is 145 Å². The molecule has 11 nitrogen and oxygen atoms in total. The zero-order chi connectivity index (χ0) is 30.0. The Kier molecular flexibility index (Phi) is 7.23. The lowest BCUT2D eigenvalue weighted by Gasteiger charge is -2.43. The number of thiophene rings is 1. The molecule has 7 rings (SSSR count). The SMILES string of the molecule is Cn1cc(CC2CN(C(=O)[C@@H]3CC[C@@H]4C[C@H]5C[C@H]5C[C@H](NC(=O)c5cc6cc(CP(=O)(O)O)ccc6s5)C(=O)N43)C2)cn1. The van der Waals surface area contributed by atoms with Gasteiger partial charge in [-0.1, -0.05) is 6.07 Å². The monoisotopic (exact) mass is 625 g/mol. The standard InChI is InChI=1S/C30H36N5O6PS/c1-33-13-18(12-31-33)6-19-14-34(15-19)30(38)25-4-3-23-9-20-8-21(20)10-24(29(37)35(23)25)32-28(36)27-11-22-7-17(16-42(39,40)41)2-5-26(22)43-27/h2,5,7,11-13,19-21,23-25H,3-4,6,8-10,14-16H2,1H3,(H,32,36)(H2,39,40,41)/t20-,21+,23-,24+,25+/m1/s1. The molecule has 228 valence electrons. The Hall–Kier alpha value is -3.05. The quantitative estimate of drug-likeness (QED) is 0.343. The molecular formula is C30H36N5O6PS. The highest BCUT2D eigenvalue weighted by Crippen LogP contribution is 2.49. The maximum absolute atomic E-state index is 14.1. The number of aromatic nitrogens is 2. The molecule has 3 amide bonds. The number of hydrogen-bond acceptors (Lipinski definition) is 6. The molecule has 3 aromatic rings. The van der Waals surface area contributed by atoms with E-state index in [1.54, 1.807) is 28.9 Å². The van der Waals surface area contributed by atoms with E-state index in [1.165, 1.54) is 11.3 Å². The number of carbonyl (C=O) groups is 3. The molecule has 3 saturated heterocycles. The minimum atomic E-state index is -4.21. The molecule has 5 heterocycles. The van der Waals surface area contributed by atoms with Gasteiger partial charge in [-0.05, 0) is 91.0 Å². The molecule has 0 radical (unpaired) electrons. The first-order chi connectivity index (χ1) is 20.5. The van der Waals surface area contributed by atoms with Gasteiger partial charge in [-0.25, -0.2) is 0 Å². The Morgan fingerprint density at radius 2 is 1.88 bits per heavy atom. The summed E-state index contributed by atoms with van der Waals surface area (Å²) in [6.07, 6.45) is 8.42. The Morgan fingerprint density at radius 3 is 2.63 bits per heavy atom. The van der Waals surface area contributed by atoms with Crippen molar-refractivity contribution in [2.45, 2.75) is 62.8 Å². The summed E-state index contributed by atoms with van der Waals surface area (Å²) in [6, 6.07) is 5.68. The maximum atomic E-state index is 14.1. The fraction of sp³-hybridized carbons (Fsp3) is 0.533. The summed E-state index contributed by atoms with van der Waals surface area (Å²) in [5.74, 6) is 0.852. The molecule has 1 saturated carbocycles. The lowest BCUT2D eigenvalue weighted by Crippen LogP contribution is -2.60. The van der Waals surface area contributed by atoms with Crippen LogP contribution in [0.25, 0.3) is 10.1 Å². The zero-order valence-electron chi connectivity index (χ0n) is 24.0. The van der Waals surface area contributed by atoms with Gasteiger partial charge < -0.3 is 24.9 Å². The van der Waals surface area contributed by atoms with E-state index < -0.39 is 19.7 Å². The summed E-state index contributed by atoms with van der Waals surface area (Å²) >= 11 is 1.29. The van der Waals surface area contributed by atoms with Crippen molar-refractivity contribution < 1.29 is 28.7 Å². The van der Waals surface area contributed by atoms with Gasteiger partial charge in [-0.2, -0.15) is 5.10 Å². The summed E-state index contributed by atoms with van der Waals surface area (Å²) in [5.41, 5.74) is 1.67. The molecule has 4 fully saturated rings. The number of hydrogen-bond donors (Lipinski definition) is 3. The molecule has 0 bridgehead atoms. The van der Waals surface area contributed by atoms with Crippen molar-refractivity contribution in [3.05, 3.63) is 52.7 Å². The number of nitrogens with zero attached hydrogens (tertiary/aromatic N) is 4. The maximum Gasteiger partial charge on any atom is 0.329 e. The van der Waals surface area contributed by atoms with Crippen molar-refractivity contribution in [3.63, 3.8) is 0 Å². The Morgan fingerprint density at radius 1 is 1.09 bits per heavy atom. The van der Waals surface area contributed by atoms with Crippen LogP contribution in [0.2, 0.25) is 0 Å². The summed E-state index contributed by atoms with van der Waals surface area (Å²) in [7, 11) is -2.31. The third-order valence-corrected chi connectivity index (χ3v) is 11.5. The van der Waals surface area contributed by atoms with E-state index in [2.05, 4.69) is 10.4 Å². The second-order valence-electron chi connectivity index (χ2n) is 12.9. The van der Waals surface area contributed by atoms with Gasteiger partial charge in [-0.3, -0.25) is 23.6 Å². The number of rotatable bonds is 7. The third kappa shape index (κ3) is 5.90. The first-order valence-corrected chi connectivity index (χ1v) is 17.6. The van der Waals surface area contributed by atoms with E-state index in [-0.39, 0.29) is 29.9 Å². The number of amides is 3. The summed E-state index contributed by atoms with van der Waals surface area (Å²) in [4.78, 5) is 64.0. The second kappa shape index (κ2) is 10.8. The lowest BCUT2D eigenvalue weighted by molar-refractivity contribution is -0.151. The molecule has 2 aromatic heterocycles. The van der Waals surface area contributed by atoms with E-state index in [4.69, 9.17) is 0 Å². The molecule has 0 spiro atoms. The van der Waals surface area contributed by atoms with Crippen LogP contribution in [-0.4, -0.2) is 78.3 Å². The predicted octanol–water partition coefficient (Wildman–Crippen LogP) is 2.90. The van der Waals surface area contributed by atoms with Gasteiger partial charge >= 0.3 is 7.60 Å². The number of aryl methyl sites for hydroxylation is 1. The molecule has 3 aliphatic heterocycles. The molecular weight excluding hydrogens is 589 g/mol. The van der Waals surface area contributed by atoms with E-state index in [9.17, 15) is 28.7 Å². The van der Waals surface area contributed by atoms with Gasteiger partial charge in [0.15, 0.2) is 0 Å². The first-order valence-electron chi connectivity index (χ1n) is 15.0. The summed E-state index contributed by atoms with van der Waals surface area (Å²) < 4.78 is 14.1. The van der Waals surface area contributed by atoms with Gasteiger partial charge in [0.25, 0.3) is 5.91 Å². The number of likely N-dealkylation sites (tertiary alicyclic amines) is 1. The van der Waals surface area contributed by atoms with Gasteiger partial charge in [0.05, 0.1) is 17.2 Å². The number of nitrogens with one attached hydrogen (secondary N) is 1. The van der Waals surface area contributed by atoms with Gasteiger partial charge in [-0.15, -0.1) is 11.3 Å². The van der Waals surface area contributed by atoms with Crippen LogP contribution in [-0.2, 0) is 33.8 Å². The van der Waals surface area contributed by atoms with Crippen LogP contribution in [0.3, 0.4) is 0 Å². The van der Waals surface area contributed by atoms with Crippen LogP contribution in [0.4, 0.5) is 0 Å². The molecule has 1 aromatic carbocycles. The lowest BCUT2D eigenvalue weighted by atomic mass is 9.92. The number of fused-ring (bicyclic) bond motifs is 3. The van der Waals surface area contributed by atoms with Crippen molar-refractivity contribution in [1.29, 1.82) is 0 Å². The normalized spacial score (nSPS) is 27.3. The fourth-order valence-corrected chi connectivity index (χ4v) is 9.02. The molecule has 43 heavy (non-hydrogen) atoms. The van der Waals surface area contributed by atoms with Crippen LogP contribution in [0.5, 0.6) is 0 Å². The van der Waals surface area contributed by atoms with Crippen LogP contribution in [0.1, 0.15) is 52.9 Å². The van der Waals surface area contributed by atoms with E-state index in [1.807, 2.05) is 29.2 Å². The highest BCUT2D eigenvalue weighted by atomic mass is 32.1. The number of benzene rings is 1. The largest absolute Gasteiger partial charge is 0.340 e. The molecule has 5 atom stereocenters. The smallest absolute Gasteiger partial charge is 0.329 e. The van der Waals surface area contributed by atoms with Crippen molar-refractivity contribution in [1.82, 2.24) is 24.9 Å². The molecule has 1 aliphatic carbocycles. The van der Waals surface area contributed by atoms with Crippen molar-refractivity contribution in [3.8, 4) is 0 Å². The average Bonchev–Trinajstić information content (AvgIpc) is 3.25.